The molecule has 0 rings (SSSR count). The van der Waals surface area contributed by atoms with E-state index in [4.69, 9.17) is 17.2 Å². The number of hydrogen-bond acceptors (Lipinski definition) is 0. The van der Waals surface area contributed by atoms with Gasteiger partial charge < -0.3 is 11.5 Å². The highest BCUT2D eigenvalue weighted by atomic mass is 15.2. The van der Waals surface area contributed by atoms with Crippen molar-refractivity contribution in [1.82, 2.24) is 0 Å². The van der Waals surface area contributed by atoms with Crippen molar-refractivity contribution in [3.8, 4) is 0 Å². The van der Waals surface area contributed by atoms with Gasteiger partial charge in [-0.1, -0.05) is 0 Å². The molecule has 0 aromatic heterocycles. The van der Waals surface area contributed by atoms with Crippen LogP contribution in [0.4, 0.5) is 0 Å². The van der Waals surface area contributed by atoms with Crippen molar-refractivity contribution in [3.05, 3.63) is 0 Å². The van der Waals surface area contributed by atoms with E-state index in [0.29, 0.717) is 5.96 Å². The second kappa shape index (κ2) is 3.42. The van der Waals surface area contributed by atoms with Crippen LogP contribution >= 0.6 is 0 Å². The second-order valence-electron chi connectivity index (χ2n) is 3.62. The average molecular weight is 172 g/mol. The Morgan fingerprint density at radius 3 is 1.83 bits per heavy atom. The van der Waals surface area contributed by atoms with Crippen molar-refractivity contribution >= 4 is 11.9 Å². The minimum atomic E-state index is -0.0803. The van der Waals surface area contributed by atoms with Crippen molar-refractivity contribution in [2.75, 3.05) is 7.05 Å². The van der Waals surface area contributed by atoms with Crippen LogP contribution in [0.25, 0.3) is 0 Å². The van der Waals surface area contributed by atoms with E-state index in [1.165, 1.54) is 0 Å². The molecule has 12 heavy (non-hydrogen) atoms. The van der Waals surface area contributed by atoms with Crippen molar-refractivity contribution < 1.29 is 4.58 Å². The number of nitrogens with zero attached hydrogens (tertiary/aromatic N) is 2. The monoisotopic (exact) mass is 172 g/mol. The van der Waals surface area contributed by atoms with Crippen LogP contribution in [0.15, 0.2) is 4.99 Å². The van der Waals surface area contributed by atoms with Crippen LogP contribution in [0.3, 0.4) is 0 Å². The SMILES string of the molecule is C[N+](=C(N)N=C(N)N)C(C)(C)C. The standard InChI is InChI=1S/C7H17N5/c1-7(2,3)12(4)6(10)11-5(8)9/h1-4H3,(H5,8,9,10,11)/p+1. The Morgan fingerprint density at radius 2 is 1.58 bits per heavy atom. The van der Waals surface area contributed by atoms with Gasteiger partial charge in [0, 0.05) is 0 Å². The summed E-state index contributed by atoms with van der Waals surface area (Å²) in [6.07, 6.45) is 0. The van der Waals surface area contributed by atoms with Crippen LogP contribution in [0.5, 0.6) is 0 Å². The van der Waals surface area contributed by atoms with E-state index in [1.807, 2.05) is 27.8 Å². The molecule has 0 aliphatic rings. The number of rotatable bonds is 0. The van der Waals surface area contributed by atoms with Gasteiger partial charge in [-0.2, -0.15) is 0 Å². The molecule has 0 fully saturated rings. The summed E-state index contributed by atoms with van der Waals surface area (Å²) >= 11 is 0. The van der Waals surface area contributed by atoms with E-state index < -0.39 is 0 Å². The number of guanidine groups is 2. The lowest BCUT2D eigenvalue weighted by molar-refractivity contribution is -0.571. The third kappa shape index (κ3) is 3.23. The highest BCUT2D eigenvalue weighted by molar-refractivity contribution is 5.90. The zero-order valence-corrected chi connectivity index (χ0v) is 8.13. The first-order valence-corrected chi connectivity index (χ1v) is 3.71. The first kappa shape index (κ1) is 10.7. The van der Waals surface area contributed by atoms with E-state index >= 15 is 0 Å². The summed E-state index contributed by atoms with van der Waals surface area (Å²) in [7, 11) is 1.84. The predicted octanol–water partition coefficient (Wildman–Crippen LogP) is -0.985. The fourth-order valence-electron chi connectivity index (χ4n) is 0.551. The number of hydrogen-bond donors (Lipinski definition) is 3. The van der Waals surface area contributed by atoms with Gasteiger partial charge in [0.25, 0.3) is 5.96 Å². The van der Waals surface area contributed by atoms with Crippen LogP contribution in [0.2, 0.25) is 0 Å². The molecule has 0 saturated heterocycles. The summed E-state index contributed by atoms with van der Waals surface area (Å²) in [5, 5.41) is 0. The smallest absolute Gasteiger partial charge is 0.356 e. The fourth-order valence-corrected chi connectivity index (χ4v) is 0.551. The molecule has 0 aromatic carbocycles. The van der Waals surface area contributed by atoms with Crippen LogP contribution in [0, 0.1) is 0 Å². The van der Waals surface area contributed by atoms with Crippen molar-refractivity contribution in [3.63, 3.8) is 0 Å². The van der Waals surface area contributed by atoms with Gasteiger partial charge in [-0.3, -0.25) is 10.3 Å². The van der Waals surface area contributed by atoms with E-state index in [-0.39, 0.29) is 11.5 Å². The molecule has 5 heteroatoms. The Bertz CT molecular complexity index is 216. The van der Waals surface area contributed by atoms with Gasteiger partial charge >= 0.3 is 5.96 Å². The Hall–Kier alpha value is -1.26. The lowest BCUT2D eigenvalue weighted by atomic mass is 10.1. The van der Waals surface area contributed by atoms with Crippen molar-refractivity contribution in [1.29, 1.82) is 0 Å². The van der Waals surface area contributed by atoms with E-state index in [9.17, 15) is 0 Å². The van der Waals surface area contributed by atoms with E-state index in [0.717, 1.165) is 0 Å². The van der Waals surface area contributed by atoms with Crippen LogP contribution in [-0.4, -0.2) is 29.1 Å². The Balaban J connectivity index is 4.83. The highest BCUT2D eigenvalue weighted by Crippen LogP contribution is 2.04. The molecule has 0 spiro atoms. The maximum atomic E-state index is 5.60. The molecule has 0 aliphatic heterocycles. The zero-order valence-electron chi connectivity index (χ0n) is 8.13. The minimum absolute atomic E-state index is 0.0244. The molecule has 6 N–H and O–H groups in total. The van der Waals surface area contributed by atoms with Crippen molar-refractivity contribution in [2.24, 2.45) is 22.2 Å². The maximum Gasteiger partial charge on any atom is 0.388 e. The topological polar surface area (TPSA) is 93.4 Å². The zero-order chi connectivity index (χ0) is 9.94. The summed E-state index contributed by atoms with van der Waals surface area (Å²) in [4.78, 5) is 3.74. The van der Waals surface area contributed by atoms with Crippen LogP contribution in [0.1, 0.15) is 20.8 Å². The minimum Gasteiger partial charge on any atom is -0.356 e. The molecule has 5 nitrogen and oxygen atoms in total. The molecule has 0 saturated carbocycles. The van der Waals surface area contributed by atoms with Gasteiger partial charge in [0.1, 0.15) is 0 Å². The molecule has 0 amide bonds. The molecule has 0 heterocycles. The lowest BCUT2D eigenvalue weighted by Crippen LogP contribution is -2.39. The summed E-state index contributed by atoms with van der Waals surface area (Å²) in [6, 6.07) is 0. The Labute approximate surface area is 72.9 Å². The molecule has 0 bridgehead atoms. The fraction of sp³-hybridized carbons (Fsp3) is 0.714. The first-order chi connectivity index (χ1) is 5.25. The van der Waals surface area contributed by atoms with Crippen LogP contribution < -0.4 is 17.2 Å². The molecule has 0 atom stereocenters. The van der Waals surface area contributed by atoms with Crippen LogP contribution in [-0.2, 0) is 0 Å². The highest BCUT2D eigenvalue weighted by Gasteiger charge is 2.18. The Morgan fingerprint density at radius 1 is 1.17 bits per heavy atom. The molecular formula is C7H18N5+. The van der Waals surface area contributed by atoms with Gasteiger partial charge in [0.05, 0.1) is 12.6 Å². The number of aliphatic imine (C=N–C) groups is 1. The normalized spacial score (nSPS) is 13.7. The van der Waals surface area contributed by atoms with E-state index in [1.54, 1.807) is 4.58 Å². The molecule has 70 valence electrons. The third-order valence-corrected chi connectivity index (χ3v) is 1.59. The Kier molecular flexibility index (Phi) is 3.06. The van der Waals surface area contributed by atoms with Gasteiger partial charge in [0.2, 0.25) is 0 Å². The molecule has 0 aromatic rings. The summed E-state index contributed by atoms with van der Waals surface area (Å²) < 4.78 is 1.80. The summed E-state index contributed by atoms with van der Waals surface area (Å²) in [5.74, 6) is 0.297. The van der Waals surface area contributed by atoms with E-state index in [2.05, 4.69) is 4.99 Å². The van der Waals surface area contributed by atoms with Gasteiger partial charge in [-0.25, -0.2) is 0 Å². The average Bonchev–Trinajstić information content (AvgIpc) is 1.82. The molecule has 0 aliphatic carbocycles. The maximum absolute atomic E-state index is 5.60. The predicted molar refractivity (Wildman–Crippen MR) is 50.9 cm³/mol. The number of nitrogens with two attached hydrogens (primary N) is 3. The quantitative estimate of drug-likeness (QED) is 0.249. The van der Waals surface area contributed by atoms with Gasteiger partial charge in [0.15, 0.2) is 0 Å². The summed E-state index contributed by atoms with van der Waals surface area (Å²) in [5.41, 5.74) is 15.9. The molecule has 0 unspecified atom stereocenters. The summed E-state index contributed by atoms with van der Waals surface area (Å²) in [6.45, 7) is 6.05. The van der Waals surface area contributed by atoms with Gasteiger partial charge in [-0.05, 0) is 25.8 Å². The van der Waals surface area contributed by atoms with Crippen molar-refractivity contribution in [2.45, 2.75) is 26.3 Å². The largest absolute Gasteiger partial charge is 0.388 e. The van der Waals surface area contributed by atoms with Gasteiger partial charge in [-0.15, -0.1) is 0 Å². The molecular weight excluding hydrogens is 154 g/mol. The second-order valence-corrected chi connectivity index (χ2v) is 3.62. The molecule has 0 radical (unpaired) electrons. The lowest BCUT2D eigenvalue weighted by Gasteiger charge is -2.18. The third-order valence-electron chi connectivity index (χ3n) is 1.59. The first-order valence-electron chi connectivity index (χ1n) is 3.71.